The summed E-state index contributed by atoms with van der Waals surface area (Å²) in [5.74, 6) is 1.45. The van der Waals surface area contributed by atoms with Gasteiger partial charge in [0.25, 0.3) is 0 Å². The van der Waals surface area contributed by atoms with E-state index in [9.17, 15) is 4.79 Å². The van der Waals surface area contributed by atoms with Crippen molar-refractivity contribution in [3.05, 3.63) is 65.3 Å². The minimum absolute atomic E-state index is 0.0194. The molecule has 0 atom stereocenters. The Balaban J connectivity index is 2.10. The number of rotatable bonds is 10. The fraction of sp³-hybridized carbons (Fsp3) is 0.346. The molecule has 0 fully saturated rings. The van der Waals surface area contributed by atoms with Crippen molar-refractivity contribution >= 4 is 17.4 Å². The third-order valence-corrected chi connectivity index (χ3v) is 5.55. The summed E-state index contributed by atoms with van der Waals surface area (Å²) < 4.78 is 19.5. The van der Waals surface area contributed by atoms with E-state index in [1.807, 2.05) is 73.1 Å². The first-order valence-electron chi connectivity index (χ1n) is 10.8. The first kappa shape index (κ1) is 23.9. The van der Waals surface area contributed by atoms with Crippen LogP contribution in [0.25, 0.3) is 16.9 Å². The van der Waals surface area contributed by atoms with Crippen molar-refractivity contribution in [1.82, 2.24) is 4.57 Å². The van der Waals surface area contributed by atoms with Crippen molar-refractivity contribution in [2.24, 2.45) is 0 Å². The molecule has 0 unspecified atom stereocenters. The summed E-state index contributed by atoms with van der Waals surface area (Å²) in [6, 6.07) is 15.6. The Morgan fingerprint density at radius 1 is 1.00 bits per heavy atom. The fourth-order valence-electron chi connectivity index (χ4n) is 3.25. The number of Topliss-reactive ketones (excluding diaryl/α,β-unsaturated/α-hetero) is 1. The van der Waals surface area contributed by atoms with E-state index in [4.69, 9.17) is 25.8 Å². The molecule has 3 rings (SSSR count). The third kappa shape index (κ3) is 5.53. The van der Waals surface area contributed by atoms with E-state index < -0.39 is 5.60 Å². The van der Waals surface area contributed by atoms with E-state index in [2.05, 4.69) is 0 Å². The van der Waals surface area contributed by atoms with Gasteiger partial charge in [-0.05, 0) is 70.5 Å². The molecule has 5 nitrogen and oxygen atoms in total. The second-order valence-electron chi connectivity index (χ2n) is 7.97. The highest BCUT2D eigenvalue weighted by molar-refractivity contribution is 6.32. The van der Waals surface area contributed by atoms with Gasteiger partial charge in [-0.2, -0.15) is 0 Å². The number of hydrogen-bond acceptors (Lipinski definition) is 4. The van der Waals surface area contributed by atoms with Crippen LogP contribution in [-0.2, 0) is 16.1 Å². The Bertz CT molecular complexity index is 1060. The summed E-state index contributed by atoms with van der Waals surface area (Å²) >= 11 is 6.53. The van der Waals surface area contributed by atoms with Crippen molar-refractivity contribution in [2.75, 3.05) is 13.2 Å². The lowest BCUT2D eigenvalue weighted by Crippen LogP contribution is -2.32. The molecule has 1 aromatic heterocycles. The molecule has 0 amide bonds. The van der Waals surface area contributed by atoms with Gasteiger partial charge in [-0.15, -0.1) is 0 Å². The second-order valence-corrected chi connectivity index (χ2v) is 8.38. The van der Waals surface area contributed by atoms with Gasteiger partial charge in [-0.1, -0.05) is 23.7 Å². The molecule has 6 heteroatoms. The standard InChI is InChI=1S/C26H30ClNO4/c1-6-30-21-13-20(14-22(15-21)31-7-2)25-12-19(17-32-26(4,5)18(3)29)16-28(25)24-11-9-8-10-23(24)27/h8-16H,6-7,17H2,1-5H3. The second kappa shape index (κ2) is 10.2. The molecule has 0 spiro atoms. The van der Waals surface area contributed by atoms with Gasteiger partial charge in [-0.3, -0.25) is 4.79 Å². The van der Waals surface area contributed by atoms with E-state index in [0.717, 1.165) is 34.0 Å². The molecule has 32 heavy (non-hydrogen) atoms. The SMILES string of the molecule is CCOc1cc(OCC)cc(-c2cc(COC(C)(C)C(C)=O)cn2-c2ccccc2Cl)c1. The number of carbonyl (C=O) groups excluding carboxylic acids is 1. The van der Waals surface area contributed by atoms with Crippen LogP contribution in [0, 0.1) is 0 Å². The number of benzene rings is 2. The van der Waals surface area contributed by atoms with Gasteiger partial charge in [0, 0.05) is 17.8 Å². The zero-order valence-corrected chi connectivity index (χ0v) is 20.0. The molecule has 0 aliphatic carbocycles. The highest BCUT2D eigenvalue weighted by atomic mass is 35.5. The number of carbonyl (C=O) groups is 1. The quantitative estimate of drug-likeness (QED) is 0.351. The van der Waals surface area contributed by atoms with Gasteiger partial charge in [0.15, 0.2) is 5.78 Å². The lowest BCUT2D eigenvalue weighted by molar-refractivity contribution is -0.139. The topological polar surface area (TPSA) is 49.7 Å². The molecule has 0 aliphatic heterocycles. The van der Waals surface area contributed by atoms with Gasteiger partial charge in [-0.25, -0.2) is 0 Å². The molecular formula is C26H30ClNO4. The normalized spacial score (nSPS) is 11.4. The fourth-order valence-corrected chi connectivity index (χ4v) is 3.48. The van der Waals surface area contributed by atoms with E-state index in [0.29, 0.717) is 24.8 Å². The lowest BCUT2D eigenvalue weighted by atomic mass is 10.1. The largest absolute Gasteiger partial charge is 0.494 e. The van der Waals surface area contributed by atoms with Crippen LogP contribution >= 0.6 is 11.6 Å². The van der Waals surface area contributed by atoms with E-state index in [-0.39, 0.29) is 5.78 Å². The number of aromatic nitrogens is 1. The highest BCUT2D eigenvalue weighted by Gasteiger charge is 2.25. The van der Waals surface area contributed by atoms with Crippen LogP contribution < -0.4 is 9.47 Å². The molecule has 0 bridgehead atoms. The van der Waals surface area contributed by atoms with E-state index in [1.165, 1.54) is 6.92 Å². The maximum absolute atomic E-state index is 11.9. The Labute approximate surface area is 194 Å². The van der Waals surface area contributed by atoms with Crippen molar-refractivity contribution < 1.29 is 19.0 Å². The van der Waals surface area contributed by atoms with Crippen LogP contribution in [0.15, 0.2) is 54.7 Å². The summed E-state index contributed by atoms with van der Waals surface area (Å²) in [4.78, 5) is 11.9. The molecule has 0 N–H and O–H groups in total. The number of halogens is 1. The lowest BCUT2D eigenvalue weighted by Gasteiger charge is -2.21. The molecule has 2 aromatic carbocycles. The van der Waals surface area contributed by atoms with Crippen molar-refractivity contribution in [1.29, 1.82) is 0 Å². The Kier molecular flexibility index (Phi) is 7.64. The van der Waals surface area contributed by atoms with Gasteiger partial charge < -0.3 is 18.8 Å². The maximum atomic E-state index is 11.9. The Morgan fingerprint density at radius 3 is 2.19 bits per heavy atom. The number of hydrogen-bond donors (Lipinski definition) is 0. The van der Waals surface area contributed by atoms with E-state index >= 15 is 0 Å². The summed E-state index contributed by atoms with van der Waals surface area (Å²) in [5, 5.41) is 0.631. The molecule has 0 radical (unpaired) electrons. The maximum Gasteiger partial charge on any atom is 0.160 e. The molecule has 1 heterocycles. The van der Waals surface area contributed by atoms with Crippen molar-refractivity contribution in [3.8, 4) is 28.4 Å². The molecule has 3 aromatic rings. The molecule has 170 valence electrons. The predicted molar refractivity (Wildman–Crippen MR) is 128 cm³/mol. The minimum atomic E-state index is -0.857. The Hall–Kier alpha value is -2.76. The average Bonchev–Trinajstić information content (AvgIpc) is 3.17. The van der Waals surface area contributed by atoms with Crippen molar-refractivity contribution in [2.45, 2.75) is 46.8 Å². The summed E-state index contributed by atoms with van der Waals surface area (Å²) in [7, 11) is 0. The summed E-state index contributed by atoms with van der Waals surface area (Å²) in [5.41, 5.74) is 2.76. The average molecular weight is 456 g/mol. The van der Waals surface area contributed by atoms with Crippen LogP contribution in [0.4, 0.5) is 0 Å². The predicted octanol–water partition coefficient (Wildman–Crippen LogP) is 6.48. The van der Waals surface area contributed by atoms with Gasteiger partial charge in [0.2, 0.25) is 0 Å². The van der Waals surface area contributed by atoms with Crippen LogP contribution in [-0.4, -0.2) is 29.2 Å². The zero-order chi connectivity index (χ0) is 23.3. The van der Waals surface area contributed by atoms with Gasteiger partial charge in [0.05, 0.1) is 36.2 Å². The van der Waals surface area contributed by atoms with Crippen LogP contribution in [0.2, 0.25) is 5.02 Å². The van der Waals surface area contributed by atoms with Gasteiger partial charge in [0.1, 0.15) is 17.1 Å². The molecular weight excluding hydrogens is 426 g/mol. The van der Waals surface area contributed by atoms with Crippen LogP contribution in [0.3, 0.4) is 0 Å². The molecule has 0 saturated carbocycles. The number of ether oxygens (including phenoxy) is 3. The monoisotopic (exact) mass is 455 g/mol. The number of para-hydroxylation sites is 1. The summed E-state index contributed by atoms with van der Waals surface area (Å²) in [6.45, 7) is 10.4. The first-order chi connectivity index (χ1) is 15.2. The number of nitrogens with zero attached hydrogens (tertiary/aromatic N) is 1. The van der Waals surface area contributed by atoms with Crippen LogP contribution in [0.1, 0.15) is 40.2 Å². The zero-order valence-electron chi connectivity index (χ0n) is 19.3. The first-order valence-corrected chi connectivity index (χ1v) is 11.1. The third-order valence-electron chi connectivity index (χ3n) is 5.23. The molecule has 0 aliphatic rings. The van der Waals surface area contributed by atoms with Gasteiger partial charge >= 0.3 is 0 Å². The highest BCUT2D eigenvalue weighted by Crippen LogP contribution is 2.35. The summed E-state index contributed by atoms with van der Waals surface area (Å²) in [6.07, 6.45) is 1.99. The minimum Gasteiger partial charge on any atom is -0.494 e. The van der Waals surface area contributed by atoms with E-state index in [1.54, 1.807) is 13.8 Å². The van der Waals surface area contributed by atoms with Crippen LogP contribution in [0.5, 0.6) is 11.5 Å². The number of ketones is 1. The van der Waals surface area contributed by atoms with Crippen molar-refractivity contribution in [3.63, 3.8) is 0 Å². The Morgan fingerprint density at radius 2 is 1.62 bits per heavy atom. The molecule has 0 saturated heterocycles. The smallest absolute Gasteiger partial charge is 0.160 e.